The lowest BCUT2D eigenvalue weighted by Crippen LogP contribution is -3.15. The van der Waals surface area contributed by atoms with Crippen LogP contribution in [0.3, 0.4) is 0 Å². The average molecular weight is 543 g/mol. The average Bonchev–Trinajstić information content (AvgIpc) is 2.95. The molecule has 0 aliphatic carbocycles. The largest absolute Gasteiger partial charge is 0.379 e. The Hall–Kier alpha value is -2.60. The summed E-state index contributed by atoms with van der Waals surface area (Å²) in [6, 6.07) is 26.4. The molecule has 1 N–H and O–H groups in total. The van der Waals surface area contributed by atoms with E-state index in [0.717, 1.165) is 0 Å². The summed E-state index contributed by atoms with van der Waals surface area (Å²) in [6.07, 6.45) is 0. The predicted octanol–water partition coefficient (Wildman–Crippen LogP) is 1.39. The van der Waals surface area contributed by atoms with Gasteiger partial charge in [-0.1, -0.05) is 60.7 Å². The van der Waals surface area contributed by atoms with E-state index in [9.17, 15) is 16.8 Å². The molecule has 2 aliphatic heterocycles. The lowest BCUT2D eigenvalue weighted by molar-refractivity contribution is -0.929. The molecule has 3 aromatic rings. The number of quaternary nitrogens is 1. The van der Waals surface area contributed by atoms with Gasteiger partial charge in [-0.15, -0.1) is 0 Å². The van der Waals surface area contributed by atoms with Gasteiger partial charge in [0.1, 0.15) is 6.04 Å². The van der Waals surface area contributed by atoms with Crippen LogP contribution in [-0.4, -0.2) is 77.9 Å². The SMILES string of the molecule is O=S(=O)(c1ccc(S(=O)(=O)N2CC[NH+](C(c3ccccc3)c3ccccc3)CC2)cc1)N1CCOCC1. The summed E-state index contributed by atoms with van der Waals surface area (Å²) in [7, 11) is -7.41. The lowest BCUT2D eigenvalue weighted by atomic mass is 9.96. The summed E-state index contributed by atoms with van der Waals surface area (Å²) in [6.45, 7) is 3.41. The van der Waals surface area contributed by atoms with Crippen molar-refractivity contribution < 1.29 is 26.5 Å². The quantitative estimate of drug-likeness (QED) is 0.488. The molecular formula is C27H32N3O5S2+. The van der Waals surface area contributed by atoms with Gasteiger partial charge in [-0.05, 0) is 24.3 Å². The second-order valence-corrected chi connectivity index (χ2v) is 13.2. The van der Waals surface area contributed by atoms with E-state index in [1.807, 2.05) is 36.4 Å². The van der Waals surface area contributed by atoms with Crippen molar-refractivity contribution >= 4 is 20.0 Å². The molecule has 2 heterocycles. The highest BCUT2D eigenvalue weighted by Gasteiger charge is 2.35. The van der Waals surface area contributed by atoms with E-state index in [1.54, 1.807) is 0 Å². The molecule has 0 radical (unpaired) electrons. The molecule has 0 spiro atoms. The summed E-state index contributed by atoms with van der Waals surface area (Å²) < 4.78 is 60.7. The molecule has 3 aromatic carbocycles. The number of sulfonamides is 2. The first-order chi connectivity index (χ1) is 17.9. The number of piperazine rings is 1. The van der Waals surface area contributed by atoms with E-state index >= 15 is 0 Å². The minimum atomic E-state index is -3.74. The minimum Gasteiger partial charge on any atom is -0.379 e. The molecule has 5 rings (SSSR count). The van der Waals surface area contributed by atoms with Crippen LogP contribution in [0.1, 0.15) is 17.2 Å². The number of nitrogens with one attached hydrogen (secondary N) is 1. The summed E-state index contributed by atoms with van der Waals surface area (Å²) in [5, 5.41) is 0. The Morgan fingerprint density at radius 3 is 1.43 bits per heavy atom. The summed E-state index contributed by atoms with van der Waals surface area (Å²) in [5.74, 6) is 0. The Morgan fingerprint density at radius 1 is 0.595 bits per heavy atom. The maximum Gasteiger partial charge on any atom is 0.243 e. The molecule has 2 aliphatic rings. The fourth-order valence-electron chi connectivity index (χ4n) is 5.13. The van der Waals surface area contributed by atoms with Gasteiger partial charge in [0.2, 0.25) is 20.0 Å². The van der Waals surface area contributed by atoms with E-state index in [2.05, 4.69) is 24.3 Å². The monoisotopic (exact) mass is 542 g/mol. The third-order valence-electron chi connectivity index (χ3n) is 7.11. The molecule has 0 amide bonds. The first-order valence-electron chi connectivity index (χ1n) is 12.5. The zero-order chi connectivity index (χ0) is 25.9. The van der Waals surface area contributed by atoms with Crippen molar-refractivity contribution in [3.8, 4) is 0 Å². The fraction of sp³-hybridized carbons (Fsp3) is 0.333. The van der Waals surface area contributed by atoms with Gasteiger partial charge in [0.15, 0.2) is 0 Å². The van der Waals surface area contributed by atoms with Crippen molar-refractivity contribution in [1.82, 2.24) is 8.61 Å². The Kier molecular flexibility index (Phi) is 7.75. The summed E-state index contributed by atoms with van der Waals surface area (Å²) in [5.41, 5.74) is 2.41. The van der Waals surface area contributed by atoms with E-state index in [1.165, 1.54) is 48.9 Å². The molecule has 0 atom stereocenters. The molecule has 2 saturated heterocycles. The van der Waals surface area contributed by atoms with Gasteiger partial charge in [0, 0.05) is 24.2 Å². The highest BCUT2D eigenvalue weighted by atomic mass is 32.2. The van der Waals surface area contributed by atoms with Crippen LogP contribution in [0.4, 0.5) is 0 Å². The number of hydrogen-bond acceptors (Lipinski definition) is 5. The van der Waals surface area contributed by atoms with E-state index in [-0.39, 0.29) is 15.8 Å². The molecule has 0 saturated carbocycles. The minimum absolute atomic E-state index is 0.0937. The first kappa shape index (κ1) is 26.0. The topological polar surface area (TPSA) is 88.4 Å². The molecule has 8 nitrogen and oxygen atoms in total. The smallest absolute Gasteiger partial charge is 0.243 e. The maximum absolute atomic E-state index is 13.4. The zero-order valence-corrected chi connectivity index (χ0v) is 22.2. The van der Waals surface area contributed by atoms with Gasteiger partial charge in [-0.25, -0.2) is 16.8 Å². The number of nitrogens with zero attached hydrogens (tertiary/aromatic N) is 2. The second-order valence-electron chi connectivity index (χ2n) is 9.30. The Balaban J connectivity index is 1.30. The van der Waals surface area contributed by atoms with Crippen LogP contribution < -0.4 is 4.90 Å². The number of hydrogen-bond donors (Lipinski definition) is 1. The van der Waals surface area contributed by atoms with E-state index in [0.29, 0.717) is 52.5 Å². The van der Waals surface area contributed by atoms with Crippen LogP contribution >= 0.6 is 0 Å². The molecule has 196 valence electrons. The lowest BCUT2D eigenvalue weighted by Gasteiger charge is -2.36. The highest BCUT2D eigenvalue weighted by molar-refractivity contribution is 7.89. The van der Waals surface area contributed by atoms with Crippen LogP contribution in [0.5, 0.6) is 0 Å². The van der Waals surface area contributed by atoms with Crippen LogP contribution in [0.25, 0.3) is 0 Å². The summed E-state index contributed by atoms with van der Waals surface area (Å²) >= 11 is 0. The van der Waals surface area contributed by atoms with E-state index in [4.69, 9.17) is 4.74 Å². The molecule has 2 fully saturated rings. The number of morpholine rings is 1. The van der Waals surface area contributed by atoms with Crippen molar-refractivity contribution in [1.29, 1.82) is 0 Å². The van der Waals surface area contributed by atoms with Crippen molar-refractivity contribution in [2.24, 2.45) is 0 Å². The molecule has 10 heteroatoms. The first-order valence-corrected chi connectivity index (χ1v) is 15.4. The van der Waals surface area contributed by atoms with Gasteiger partial charge >= 0.3 is 0 Å². The normalized spacial score (nSPS) is 18.7. The van der Waals surface area contributed by atoms with Crippen LogP contribution in [0.2, 0.25) is 0 Å². The summed E-state index contributed by atoms with van der Waals surface area (Å²) in [4.78, 5) is 1.52. The van der Waals surface area contributed by atoms with Gasteiger partial charge in [0.25, 0.3) is 0 Å². The Bertz CT molecular complexity index is 1350. The standard InChI is InChI=1S/C27H31N3O5S2/c31-36(32,25-11-13-26(14-12-25)37(33,34)30-19-21-35-22-20-30)29-17-15-28(16-18-29)27(23-7-3-1-4-8-23)24-9-5-2-6-10-24/h1-14,27H,15-22H2/p+1. The predicted molar refractivity (Wildman–Crippen MR) is 140 cm³/mol. The van der Waals surface area contributed by atoms with E-state index < -0.39 is 20.0 Å². The number of ether oxygens (including phenoxy) is 1. The number of rotatable bonds is 7. The third kappa shape index (κ3) is 5.50. The van der Waals surface area contributed by atoms with Gasteiger partial charge in [-0.3, -0.25) is 0 Å². The molecule has 0 unspecified atom stereocenters. The number of benzene rings is 3. The van der Waals surface area contributed by atoms with Gasteiger partial charge < -0.3 is 9.64 Å². The van der Waals surface area contributed by atoms with Gasteiger partial charge in [0.05, 0.1) is 49.2 Å². The third-order valence-corrected chi connectivity index (χ3v) is 10.9. The Morgan fingerprint density at radius 2 is 1.00 bits per heavy atom. The molecule has 37 heavy (non-hydrogen) atoms. The van der Waals surface area contributed by atoms with Crippen LogP contribution in [-0.2, 0) is 24.8 Å². The van der Waals surface area contributed by atoms with Crippen LogP contribution in [0.15, 0.2) is 94.7 Å². The second kappa shape index (κ2) is 11.0. The highest BCUT2D eigenvalue weighted by Crippen LogP contribution is 2.23. The maximum atomic E-state index is 13.4. The van der Waals surface area contributed by atoms with Crippen molar-refractivity contribution in [3.63, 3.8) is 0 Å². The van der Waals surface area contributed by atoms with Crippen molar-refractivity contribution in [3.05, 3.63) is 96.1 Å². The zero-order valence-electron chi connectivity index (χ0n) is 20.6. The van der Waals surface area contributed by atoms with Crippen molar-refractivity contribution in [2.75, 3.05) is 52.5 Å². The van der Waals surface area contributed by atoms with Gasteiger partial charge in [-0.2, -0.15) is 8.61 Å². The molecule has 0 aromatic heterocycles. The molecule has 0 bridgehead atoms. The Labute approximate surface area is 219 Å². The van der Waals surface area contributed by atoms with Crippen molar-refractivity contribution in [2.45, 2.75) is 15.8 Å². The molecular weight excluding hydrogens is 510 g/mol. The van der Waals surface area contributed by atoms with Crippen LogP contribution in [0, 0.1) is 0 Å². The fourth-order valence-corrected chi connectivity index (χ4v) is 7.98.